The summed E-state index contributed by atoms with van der Waals surface area (Å²) in [5.41, 5.74) is 9.93. The number of nitrogens with one attached hydrogen (secondary N) is 3. The lowest BCUT2D eigenvalue weighted by atomic mass is 10.0. The van der Waals surface area contributed by atoms with Crippen molar-refractivity contribution in [1.29, 1.82) is 0 Å². The lowest BCUT2D eigenvalue weighted by molar-refractivity contribution is 0.0967. The van der Waals surface area contributed by atoms with Crippen molar-refractivity contribution in [3.63, 3.8) is 0 Å². The van der Waals surface area contributed by atoms with E-state index in [1.54, 1.807) is 42.6 Å². The fraction of sp³-hybridized carbons (Fsp3) is 0. The molecule has 35 heavy (non-hydrogen) atoms. The quantitative estimate of drug-likeness (QED) is 0.307. The zero-order valence-corrected chi connectivity index (χ0v) is 17.9. The Bertz CT molecular complexity index is 1700. The molecule has 0 unspecified atom stereocenters. The van der Waals surface area contributed by atoms with Crippen LogP contribution in [0, 0.1) is 11.6 Å². The van der Waals surface area contributed by atoms with E-state index in [0.717, 1.165) is 12.1 Å². The van der Waals surface area contributed by atoms with Gasteiger partial charge in [-0.15, -0.1) is 0 Å². The molecule has 9 nitrogen and oxygen atoms in total. The third-order valence-corrected chi connectivity index (χ3v) is 5.60. The van der Waals surface area contributed by atoms with Crippen LogP contribution in [0.3, 0.4) is 0 Å². The second-order valence-corrected chi connectivity index (χ2v) is 7.86. The van der Waals surface area contributed by atoms with E-state index in [1.807, 2.05) is 6.08 Å². The molecule has 1 aliphatic rings. The number of nitrogen functional groups attached to an aromatic ring is 1. The van der Waals surface area contributed by atoms with Gasteiger partial charge in [0.25, 0.3) is 5.91 Å². The topological polar surface area (TPSA) is 126 Å². The van der Waals surface area contributed by atoms with Crippen molar-refractivity contribution in [1.82, 2.24) is 29.9 Å². The van der Waals surface area contributed by atoms with Crippen LogP contribution in [-0.4, -0.2) is 30.5 Å². The first kappa shape index (κ1) is 20.5. The Labute approximate surface area is 196 Å². The number of carbonyl (C=O) groups excluding carboxylic acids is 1. The molecule has 0 fully saturated rings. The summed E-state index contributed by atoms with van der Waals surface area (Å²) in [6.07, 6.45) is 8.34. The number of fused-ring (bicyclic) bond motifs is 2. The molecule has 11 heteroatoms. The molecule has 1 amide bonds. The molecule has 0 atom stereocenters. The molecule has 2 aromatic carbocycles. The number of imidazole rings is 1. The van der Waals surface area contributed by atoms with Gasteiger partial charge in [-0.25, -0.2) is 23.3 Å². The van der Waals surface area contributed by atoms with Crippen molar-refractivity contribution in [2.45, 2.75) is 0 Å². The number of rotatable bonds is 5. The summed E-state index contributed by atoms with van der Waals surface area (Å²) in [5, 5.41) is 10.1. The molecule has 172 valence electrons. The Morgan fingerprint density at radius 2 is 1.94 bits per heavy atom. The summed E-state index contributed by atoms with van der Waals surface area (Å²) < 4.78 is 29.0. The highest BCUT2D eigenvalue weighted by Gasteiger charge is 2.22. The van der Waals surface area contributed by atoms with Crippen molar-refractivity contribution >= 4 is 39.9 Å². The number of anilines is 3. The van der Waals surface area contributed by atoms with Crippen LogP contribution in [-0.2, 0) is 0 Å². The number of amides is 1. The van der Waals surface area contributed by atoms with Crippen LogP contribution < -0.4 is 16.4 Å². The summed E-state index contributed by atoms with van der Waals surface area (Å²) >= 11 is 0. The molecular formula is C24H16F2N8O. The van der Waals surface area contributed by atoms with Crippen LogP contribution in [0.2, 0.25) is 0 Å². The monoisotopic (exact) mass is 470 g/mol. The fourth-order valence-electron chi connectivity index (χ4n) is 3.93. The van der Waals surface area contributed by atoms with Crippen LogP contribution in [0.1, 0.15) is 10.4 Å². The van der Waals surface area contributed by atoms with Crippen molar-refractivity contribution in [3.05, 3.63) is 90.0 Å². The van der Waals surface area contributed by atoms with E-state index < -0.39 is 11.6 Å². The Balaban J connectivity index is 1.36. The van der Waals surface area contributed by atoms with Crippen LogP contribution in [0.15, 0.2) is 72.8 Å². The molecular weight excluding hydrogens is 454 g/mol. The second kappa shape index (κ2) is 7.76. The van der Waals surface area contributed by atoms with Crippen molar-refractivity contribution < 1.29 is 13.6 Å². The van der Waals surface area contributed by atoms with Gasteiger partial charge in [0.2, 0.25) is 5.95 Å². The molecule has 0 radical (unpaired) electrons. The van der Waals surface area contributed by atoms with Crippen LogP contribution in [0.5, 0.6) is 0 Å². The average molecular weight is 470 g/mol. The van der Waals surface area contributed by atoms with Gasteiger partial charge < -0.3 is 21.4 Å². The number of benzene rings is 2. The average Bonchev–Trinajstić information content (AvgIpc) is 3.39. The normalized spacial score (nSPS) is 12.6. The van der Waals surface area contributed by atoms with Crippen molar-refractivity contribution in [2.75, 3.05) is 11.1 Å². The smallest absolute Gasteiger partial charge is 0.257 e. The maximum absolute atomic E-state index is 14.0. The van der Waals surface area contributed by atoms with E-state index >= 15 is 0 Å². The third-order valence-electron chi connectivity index (χ3n) is 5.60. The Hall–Kier alpha value is -5.06. The number of aromatic nitrogens is 5. The summed E-state index contributed by atoms with van der Waals surface area (Å²) in [5.74, 6) is -1.25. The van der Waals surface area contributed by atoms with E-state index in [9.17, 15) is 13.6 Å². The van der Waals surface area contributed by atoms with Gasteiger partial charge in [-0.3, -0.25) is 4.79 Å². The first-order valence-electron chi connectivity index (χ1n) is 10.5. The number of allylic oxidation sites excluding steroid dienone is 3. The minimum Gasteiger partial charge on any atom is -0.382 e. The van der Waals surface area contributed by atoms with Crippen molar-refractivity contribution in [2.24, 2.45) is 0 Å². The number of halogens is 2. The molecule has 0 spiro atoms. The first-order chi connectivity index (χ1) is 17.0. The zero-order chi connectivity index (χ0) is 24.1. The molecule has 0 saturated carbocycles. The fourth-order valence-corrected chi connectivity index (χ4v) is 3.93. The minimum absolute atomic E-state index is 0.105. The summed E-state index contributed by atoms with van der Waals surface area (Å²) in [4.78, 5) is 24.1. The lowest BCUT2D eigenvalue weighted by Crippen LogP contribution is -2.23. The van der Waals surface area contributed by atoms with Gasteiger partial charge in [-0.1, -0.05) is 18.2 Å². The van der Waals surface area contributed by atoms with Gasteiger partial charge in [0.15, 0.2) is 11.6 Å². The summed E-state index contributed by atoms with van der Waals surface area (Å²) in [6.45, 7) is 0. The standard InChI is InChI=1S/C24H16F2N8O/c25-13-8-17(26)20-18(9-13)32-24(33-20)31-15-6-4-12(5-7-15)19-16(23(35)30-14-2-1-3-14)10-34-21(19)22(27)28-11-29-34/h1-11H,(H,30,35)(H2,27,28,29)(H2,31,32,33). The van der Waals surface area contributed by atoms with Crippen LogP contribution in [0.4, 0.5) is 26.2 Å². The number of nitrogens with two attached hydrogens (primary N) is 1. The second-order valence-electron chi connectivity index (χ2n) is 7.86. The van der Waals surface area contributed by atoms with E-state index in [4.69, 9.17) is 5.73 Å². The predicted octanol–water partition coefficient (Wildman–Crippen LogP) is 4.06. The van der Waals surface area contributed by atoms with E-state index in [2.05, 4.69) is 30.7 Å². The lowest BCUT2D eigenvalue weighted by Gasteiger charge is -2.11. The molecule has 5 N–H and O–H groups in total. The van der Waals surface area contributed by atoms with Gasteiger partial charge in [0.05, 0.1) is 11.1 Å². The van der Waals surface area contributed by atoms with Crippen molar-refractivity contribution in [3.8, 4) is 11.1 Å². The maximum atomic E-state index is 14.0. The van der Waals surface area contributed by atoms with Crippen LogP contribution in [0.25, 0.3) is 27.7 Å². The molecule has 5 aromatic rings. The molecule has 3 aromatic heterocycles. The number of H-pyrrole nitrogens is 1. The Kier molecular flexibility index (Phi) is 4.56. The van der Waals surface area contributed by atoms with Crippen LogP contribution >= 0.6 is 0 Å². The highest BCUT2D eigenvalue weighted by Crippen LogP contribution is 2.33. The number of hydrogen-bond donors (Lipinski definition) is 4. The first-order valence-corrected chi connectivity index (χ1v) is 10.5. The molecule has 6 rings (SSSR count). The highest BCUT2D eigenvalue weighted by atomic mass is 19.1. The molecule has 0 aliphatic heterocycles. The Morgan fingerprint density at radius 1 is 1.14 bits per heavy atom. The number of nitrogens with zero attached hydrogens (tertiary/aromatic N) is 4. The zero-order valence-electron chi connectivity index (χ0n) is 17.9. The summed E-state index contributed by atoms with van der Waals surface area (Å²) in [7, 11) is 0. The molecule has 0 bridgehead atoms. The molecule has 1 aliphatic carbocycles. The SMILES string of the molecule is Nc1ncnn2cc(C(=O)NC3=CC=C3)c(-c3ccc(Nc4nc5cc(F)cc(F)c5[nH]4)cc3)c12. The molecule has 3 heterocycles. The molecule has 0 saturated heterocycles. The van der Waals surface area contributed by atoms with Gasteiger partial charge in [0.1, 0.15) is 23.2 Å². The predicted molar refractivity (Wildman–Crippen MR) is 127 cm³/mol. The minimum atomic E-state index is -0.727. The number of carbonyl (C=O) groups is 1. The van der Waals surface area contributed by atoms with Gasteiger partial charge in [-0.05, 0) is 29.8 Å². The van der Waals surface area contributed by atoms with Gasteiger partial charge >= 0.3 is 0 Å². The third kappa shape index (κ3) is 3.55. The summed E-state index contributed by atoms with van der Waals surface area (Å²) in [6, 6.07) is 9.07. The largest absolute Gasteiger partial charge is 0.382 e. The highest BCUT2D eigenvalue weighted by molar-refractivity contribution is 6.07. The van der Waals surface area contributed by atoms with E-state index in [-0.39, 0.29) is 28.7 Å². The van der Waals surface area contributed by atoms with Gasteiger partial charge in [0, 0.05) is 35.3 Å². The number of hydrogen-bond acceptors (Lipinski definition) is 6. The van der Waals surface area contributed by atoms with E-state index in [0.29, 0.717) is 33.6 Å². The van der Waals surface area contributed by atoms with Gasteiger partial charge in [-0.2, -0.15) is 5.10 Å². The number of aromatic amines is 1. The Morgan fingerprint density at radius 3 is 2.69 bits per heavy atom. The maximum Gasteiger partial charge on any atom is 0.257 e. The van der Waals surface area contributed by atoms with E-state index in [1.165, 1.54) is 10.8 Å².